The predicted octanol–water partition coefficient (Wildman–Crippen LogP) is 1.57. The van der Waals surface area contributed by atoms with E-state index in [-0.39, 0.29) is 18.4 Å². The number of aliphatic hydroxyl groups is 1. The number of hydrogen-bond donors (Lipinski definition) is 2. The average molecular weight is 392 g/mol. The maximum absolute atomic E-state index is 12.3. The van der Waals surface area contributed by atoms with Gasteiger partial charge in [0, 0.05) is 49.7 Å². The summed E-state index contributed by atoms with van der Waals surface area (Å²) >= 11 is 0. The van der Waals surface area contributed by atoms with Crippen molar-refractivity contribution in [3.8, 4) is 11.4 Å². The van der Waals surface area contributed by atoms with Gasteiger partial charge >= 0.3 is 0 Å². The second-order valence-corrected chi connectivity index (χ2v) is 6.75. The number of hydrogen-bond acceptors (Lipinski definition) is 8. The number of allylic oxidation sites excluding steroid dienone is 1. The Morgan fingerprint density at radius 3 is 2.83 bits per heavy atom. The van der Waals surface area contributed by atoms with Crippen molar-refractivity contribution in [3.63, 3.8) is 0 Å². The van der Waals surface area contributed by atoms with Gasteiger partial charge in [-0.25, -0.2) is 9.97 Å². The Morgan fingerprint density at radius 1 is 1.38 bits per heavy atom. The highest BCUT2D eigenvalue weighted by molar-refractivity contribution is 6.44. The number of nitrogens with one attached hydrogen (secondary N) is 1. The Hall–Kier alpha value is -3.39. The number of rotatable bonds is 8. The number of aliphatic hydroxyl groups excluding tert-OH is 1. The van der Waals surface area contributed by atoms with Crippen molar-refractivity contribution in [1.29, 1.82) is 0 Å². The molecule has 1 atom stereocenters. The molecule has 1 unspecified atom stereocenters. The van der Waals surface area contributed by atoms with Crippen molar-refractivity contribution in [3.05, 3.63) is 60.4 Å². The van der Waals surface area contributed by atoms with Gasteiger partial charge in [-0.3, -0.25) is 4.79 Å². The van der Waals surface area contributed by atoms with Gasteiger partial charge < -0.3 is 15.5 Å². The van der Waals surface area contributed by atoms with Crippen LogP contribution in [0.5, 0.6) is 0 Å². The lowest BCUT2D eigenvalue weighted by molar-refractivity contribution is -0.109. The number of ketones is 1. The maximum atomic E-state index is 12.3. The quantitative estimate of drug-likeness (QED) is 0.402. The molecule has 2 heterocycles. The van der Waals surface area contributed by atoms with Crippen molar-refractivity contribution >= 4 is 17.7 Å². The van der Waals surface area contributed by atoms with Gasteiger partial charge in [0.1, 0.15) is 5.71 Å². The molecule has 0 amide bonds. The normalized spacial score (nSPS) is 16.6. The molecule has 29 heavy (non-hydrogen) atoms. The topological polar surface area (TPSA) is 103 Å². The highest BCUT2D eigenvalue weighted by atomic mass is 16.3. The Labute approximate surface area is 169 Å². The van der Waals surface area contributed by atoms with E-state index in [0.29, 0.717) is 23.5 Å². The molecule has 0 saturated carbocycles. The summed E-state index contributed by atoms with van der Waals surface area (Å²) in [7, 11) is 1.91. The molecule has 1 aliphatic heterocycles. The van der Waals surface area contributed by atoms with E-state index in [1.165, 1.54) is 6.08 Å². The first kappa shape index (κ1) is 20.3. The molecule has 0 aliphatic carbocycles. The zero-order valence-electron chi connectivity index (χ0n) is 16.3. The summed E-state index contributed by atoms with van der Waals surface area (Å²) in [6, 6.07) is 7.63. The minimum Gasteiger partial charge on any atom is -0.392 e. The number of carbonyl (C=O) groups is 1. The molecule has 0 fully saturated rings. The van der Waals surface area contributed by atoms with Crippen LogP contribution in [0.15, 0.2) is 59.5 Å². The molecule has 3 rings (SSSR count). The van der Waals surface area contributed by atoms with Crippen LogP contribution in [0.25, 0.3) is 11.4 Å². The van der Waals surface area contributed by atoms with Crippen LogP contribution in [0, 0.1) is 0 Å². The minimum atomic E-state index is -0.226. The first-order valence-corrected chi connectivity index (χ1v) is 9.34. The number of hydrazone groups is 2. The molecule has 1 aromatic heterocycles. The molecule has 8 heteroatoms. The monoisotopic (exact) mass is 392 g/mol. The third-order valence-corrected chi connectivity index (χ3v) is 4.49. The molecule has 0 bridgehead atoms. The Morgan fingerprint density at radius 2 is 2.17 bits per heavy atom. The molecular formula is C21H24N6O2. The molecule has 150 valence electrons. The van der Waals surface area contributed by atoms with Gasteiger partial charge in [0.25, 0.3) is 0 Å². The second-order valence-electron chi connectivity index (χ2n) is 6.75. The molecule has 2 N–H and O–H groups in total. The van der Waals surface area contributed by atoms with E-state index < -0.39 is 0 Å². The van der Waals surface area contributed by atoms with Crippen LogP contribution >= 0.6 is 0 Å². The van der Waals surface area contributed by atoms with E-state index in [1.807, 2.05) is 36.3 Å². The van der Waals surface area contributed by atoms with Gasteiger partial charge in [0.05, 0.1) is 12.6 Å². The lowest BCUT2D eigenvalue weighted by atomic mass is 10.0. The van der Waals surface area contributed by atoms with Crippen LogP contribution in [-0.4, -0.2) is 57.4 Å². The van der Waals surface area contributed by atoms with Crippen LogP contribution in [0.2, 0.25) is 0 Å². The summed E-state index contributed by atoms with van der Waals surface area (Å²) in [5.74, 6) is 0.328. The molecule has 1 aromatic carbocycles. The number of aromatic nitrogens is 2. The van der Waals surface area contributed by atoms with E-state index in [4.69, 9.17) is 5.11 Å². The molecular weight excluding hydrogens is 368 g/mol. The van der Waals surface area contributed by atoms with Crippen LogP contribution in [0.1, 0.15) is 17.5 Å². The van der Waals surface area contributed by atoms with Gasteiger partial charge in [-0.1, -0.05) is 24.8 Å². The van der Waals surface area contributed by atoms with Gasteiger partial charge in [-0.2, -0.15) is 10.2 Å². The zero-order valence-corrected chi connectivity index (χ0v) is 16.3. The lowest BCUT2D eigenvalue weighted by Crippen LogP contribution is -2.36. The van der Waals surface area contributed by atoms with Gasteiger partial charge in [-0.05, 0) is 24.1 Å². The Balaban J connectivity index is 1.76. The van der Waals surface area contributed by atoms with E-state index in [2.05, 4.69) is 32.2 Å². The van der Waals surface area contributed by atoms with Crippen molar-refractivity contribution < 1.29 is 9.90 Å². The first-order valence-electron chi connectivity index (χ1n) is 9.34. The van der Waals surface area contributed by atoms with E-state index >= 15 is 0 Å². The smallest absolute Gasteiger partial charge is 0.201 e. The maximum Gasteiger partial charge on any atom is 0.201 e. The first-order chi connectivity index (χ1) is 14.1. The number of nitrogens with zero attached hydrogens (tertiary/aromatic N) is 5. The summed E-state index contributed by atoms with van der Waals surface area (Å²) in [5.41, 5.74) is 5.79. The highest BCUT2D eigenvalue weighted by Gasteiger charge is 2.14. The fourth-order valence-electron chi connectivity index (χ4n) is 2.81. The largest absolute Gasteiger partial charge is 0.392 e. The van der Waals surface area contributed by atoms with Crippen molar-refractivity contribution in [2.45, 2.75) is 25.5 Å². The number of carbonyl (C=O) groups excluding carboxylic acids is 1. The molecule has 0 spiro atoms. The summed E-state index contributed by atoms with van der Waals surface area (Å²) in [6.45, 7) is 4.30. The van der Waals surface area contributed by atoms with Gasteiger partial charge in [0.15, 0.2) is 5.82 Å². The summed E-state index contributed by atoms with van der Waals surface area (Å²) in [4.78, 5) is 20.8. The standard InChI is InChI=1S/C21H24N6O2/c1-3-20(29)19(26-25-18-7-8-27(2)24-13-18)10-15-5-4-6-17(9-15)21-22-11-16(14-28)12-23-21/h3-6,9,11-13,18,25,28H,1,7-8,10,14H2,2H3/b26-19-. The van der Waals surface area contributed by atoms with Gasteiger partial charge in [-0.15, -0.1) is 0 Å². The molecule has 1 aliphatic rings. The summed E-state index contributed by atoms with van der Waals surface area (Å²) < 4.78 is 0. The fraction of sp³-hybridized carbons (Fsp3) is 0.286. The van der Waals surface area contributed by atoms with Crippen LogP contribution in [0.4, 0.5) is 0 Å². The Bertz CT molecular complexity index is 923. The van der Waals surface area contributed by atoms with E-state index in [9.17, 15) is 4.79 Å². The van der Waals surface area contributed by atoms with Crippen molar-refractivity contribution in [2.24, 2.45) is 10.2 Å². The van der Waals surface area contributed by atoms with Crippen molar-refractivity contribution in [2.75, 3.05) is 13.6 Å². The molecule has 8 nitrogen and oxygen atoms in total. The average Bonchev–Trinajstić information content (AvgIpc) is 2.77. The zero-order chi connectivity index (χ0) is 20.6. The van der Waals surface area contributed by atoms with Crippen LogP contribution in [-0.2, 0) is 17.8 Å². The molecule has 0 radical (unpaired) electrons. The van der Waals surface area contributed by atoms with E-state index in [0.717, 1.165) is 24.1 Å². The van der Waals surface area contributed by atoms with Crippen LogP contribution in [0.3, 0.4) is 0 Å². The molecule has 2 aromatic rings. The predicted molar refractivity (Wildman–Crippen MR) is 112 cm³/mol. The molecule has 0 saturated heterocycles. The van der Waals surface area contributed by atoms with Gasteiger partial charge in [0.2, 0.25) is 5.78 Å². The third-order valence-electron chi connectivity index (χ3n) is 4.49. The van der Waals surface area contributed by atoms with Crippen molar-refractivity contribution in [1.82, 2.24) is 20.4 Å². The fourth-order valence-corrected chi connectivity index (χ4v) is 2.81. The lowest BCUT2D eigenvalue weighted by Gasteiger charge is -2.22. The Kier molecular flexibility index (Phi) is 6.80. The minimum absolute atomic E-state index is 0.0106. The summed E-state index contributed by atoms with van der Waals surface area (Å²) in [5, 5.41) is 19.6. The van der Waals surface area contributed by atoms with E-state index in [1.54, 1.807) is 18.6 Å². The summed E-state index contributed by atoms with van der Waals surface area (Å²) in [6.07, 6.45) is 7.45. The SMILES string of the molecule is C=CC(=O)/C(Cc1cccc(-c2ncc(CO)cn2)c1)=N\NC1C=NN(C)CC1. The number of benzene rings is 1. The highest BCUT2D eigenvalue weighted by Crippen LogP contribution is 2.17. The third kappa shape index (κ3) is 5.55. The van der Waals surface area contributed by atoms with Crippen LogP contribution < -0.4 is 5.43 Å². The second kappa shape index (κ2) is 9.70.